The van der Waals surface area contributed by atoms with Crippen LogP contribution in [0.2, 0.25) is 0 Å². The summed E-state index contributed by atoms with van der Waals surface area (Å²) in [5.41, 5.74) is 0. The fraction of sp³-hybridized carbons (Fsp3) is 0.917. The Hall–Kier alpha value is -0.570. The van der Waals surface area contributed by atoms with Gasteiger partial charge in [-0.25, -0.2) is 0 Å². The number of carboxylic acid groups (broad SMARTS) is 1. The molecule has 0 saturated heterocycles. The van der Waals surface area contributed by atoms with Crippen molar-refractivity contribution in [3.63, 3.8) is 0 Å². The zero-order chi connectivity index (χ0) is 12.1. The van der Waals surface area contributed by atoms with Crippen LogP contribution >= 0.6 is 0 Å². The molecule has 0 radical (unpaired) electrons. The van der Waals surface area contributed by atoms with Crippen molar-refractivity contribution in [1.29, 1.82) is 0 Å². The minimum Gasteiger partial charge on any atom is -0.481 e. The van der Waals surface area contributed by atoms with E-state index in [0.29, 0.717) is 0 Å². The van der Waals surface area contributed by atoms with Gasteiger partial charge in [0.2, 0.25) is 0 Å². The number of rotatable bonds is 7. The van der Waals surface area contributed by atoms with Crippen LogP contribution in [-0.2, 0) is 4.79 Å². The van der Waals surface area contributed by atoms with E-state index < -0.39 is 5.97 Å². The zero-order valence-electron chi connectivity index (χ0n) is 10.3. The van der Waals surface area contributed by atoms with Crippen LogP contribution in [0.25, 0.3) is 0 Å². The van der Waals surface area contributed by atoms with Crippen molar-refractivity contribution in [3.8, 4) is 0 Å². The summed E-state index contributed by atoms with van der Waals surface area (Å²) in [7, 11) is 0. The Bertz CT molecular complexity index is 131. The molecule has 0 aliphatic carbocycles. The van der Waals surface area contributed by atoms with Crippen LogP contribution in [0.5, 0.6) is 0 Å². The van der Waals surface area contributed by atoms with E-state index in [-0.39, 0.29) is 6.10 Å². The summed E-state index contributed by atoms with van der Waals surface area (Å²) in [6.07, 6.45) is 8.15. The van der Waals surface area contributed by atoms with Gasteiger partial charge in [0.05, 0.1) is 6.10 Å². The Labute approximate surface area is 93.5 Å². The van der Waals surface area contributed by atoms with Crippen LogP contribution in [0.4, 0.5) is 0 Å². The van der Waals surface area contributed by atoms with Gasteiger partial charge in [0.15, 0.2) is 0 Å². The van der Waals surface area contributed by atoms with Gasteiger partial charge < -0.3 is 10.2 Å². The van der Waals surface area contributed by atoms with E-state index in [9.17, 15) is 5.11 Å². The lowest BCUT2D eigenvalue weighted by Gasteiger charge is -2.07. The topological polar surface area (TPSA) is 57.5 Å². The Morgan fingerprint density at radius 3 is 2.00 bits per heavy atom. The number of unbranched alkanes of at least 4 members (excludes halogenated alkanes) is 3. The molecule has 0 aliphatic heterocycles. The lowest BCUT2D eigenvalue weighted by Crippen LogP contribution is -2.04. The van der Waals surface area contributed by atoms with Gasteiger partial charge in [-0.1, -0.05) is 46.0 Å². The third-order valence-electron chi connectivity index (χ3n) is 2.01. The number of hydrogen-bond acceptors (Lipinski definition) is 2. The van der Waals surface area contributed by atoms with Gasteiger partial charge in [-0.15, -0.1) is 0 Å². The fourth-order valence-corrected chi connectivity index (χ4v) is 1.28. The first-order chi connectivity index (χ1) is 7.04. The third-order valence-corrected chi connectivity index (χ3v) is 2.01. The number of aliphatic hydroxyl groups is 1. The Morgan fingerprint density at radius 1 is 1.07 bits per heavy atom. The Balaban J connectivity index is 0. The molecule has 0 aromatic carbocycles. The molecule has 15 heavy (non-hydrogen) atoms. The fourth-order valence-electron chi connectivity index (χ4n) is 1.28. The van der Waals surface area contributed by atoms with Gasteiger partial charge in [-0.05, 0) is 12.8 Å². The molecule has 0 heterocycles. The SMILES string of the molecule is CC(=O)O.CCCCCCC(O)CCC. The van der Waals surface area contributed by atoms with E-state index in [2.05, 4.69) is 13.8 Å². The van der Waals surface area contributed by atoms with Crippen LogP contribution in [0.1, 0.15) is 65.7 Å². The molecule has 0 rings (SSSR count). The van der Waals surface area contributed by atoms with Crippen molar-refractivity contribution in [2.24, 2.45) is 0 Å². The highest BCUT2D eigenvalue weighted by Gasteiger charge is 2.00. The summed E-state index contributed by atoms with van der Waals surface area (Å²) in [5.74, 6) is -0.833. The van der Waals surface area contributed by atoms with Crippen molar-refractivity contribution < 1.29 is 15.0 Å². The van der Waals surface area contributed by atoms with E-state index in [1.165, 1.54) is 25.7 Å². The molecule has 0 aromatic rings. The minimum atomic E-state index is -0.833. The van der Waals surface area contributed by atoms with Crippen molar-refractivity contribution in [2.75, 3.05) is 0 Å². The minimum absolute atomic E-state index is 0.0307. The number of hydrogen-bond donors (Lipinski definition) is 2. The standard InChI is InChI=1S/C10H22O.C2H4O2/c1-3-5-6-7-9-10(11)8-4-2;1-2(3)4/h10-11H,3-9H2,1-2H3;1H3,(H,3,4). The molecule has 0 amide bonds. The van der Waals surface area contributed by atoms with Gasteiger partial charge in [0.25, 0.3) is 5.97 Å². The average Bonchev–Trinajstić information content (AvgIpc) is 2.12. The van der Waals surface area contributed by atoms with Crippen molar-refractivity contribution in [3.05, 3.63) is 0 Å². The highest BCUT2D eigenvalue weighted by Crippen LogP contribution is 2.08. The zero-order valence-corrected chi connectivity index (χ0v) is 10.3. The molecule has 1 atom stereocenters. The predicted octanol–water partition coefficient (Wildman–Crippen LogP) is 3.21. The van der Waals surface area contributed by atoms with E-state index in [0.717, 1.165) is 26.2 Å². The van der Waals surface area contributed by atoms with Gasteiger partial charge >= 0.3 is 0 Å². The molecule has 0 spiro atoms. The molecule has 1 unspecified atom stereocenters. The third kappa shape index (κ3) is 24.7. The highest BCUT2D eigenvalue weighted by molar-refractivity contribution is 5.62. The number of carboxylic acids is 1. The largest absolute Gasteiger partial charge is 0.481 e. The molecule has 3 heteroatoms. The maximum atomic E-state index is 9.35. The second kappa shape index (κ2) is 13.4. The molecule has 0 fully saturated rings. The molecule has 0 saturated carbocycles. The smallest absolute Gasteiger partial charge is 0.300 e. The highest BCUT2D eigenvalue weighted by atomic mass is 16.4. The summed E-state index contributed by atoms with van der Waals surface area (Å²) in [6.45, 7) is 5.41. The van der Waals surface area contributed by atoms with Gasteiger partial charge in [-0.2, -0.15) is 0 Å². The monoisotopic (exact) mass is 218 g/mol. The molecule has 0 aliphatic rings. The predicted molar refractivity (Wildman–Crippen MR) is 63.0 cm³/mol. The van der Waals surface area contributed by atoms with E-state index >= 15 is 0 Å². The second-order valence-electron chi connectivity index (χ2n) is 3.81. The second-order valence-corrected chi connectivity index (χ2v) is 3.81. The maximum absolute atomic E-state index is 9.35. The van der Waals surface area contributed by atoms with Gasteiger partial charge in [0, 0.05) is 6.92 Å². The van der Waals surface area contributed by atoms with Crippen LogP contribution in [-0.4, -0.2) is 22.3 Å². The van der Waals surface area contributed by atoms with Crippen LogP contribution in [0, 0.1) is 0 Å². The van der Waals surface area contributed by atoms with Gasteiger partial charge in [0.1, 0.15) is 0 Å². The van der Waals surface area contributed by atoms with Crippen LogP contribution in [0.15, 0.2) is 0 Å². The number of aliphatic hydroxyl groups excluding tert-OH is 1. The van der Waals surface area contributed by atoms with Crippen molar-refractivity contribution in [1.82, 2.24) is 0 Å². The lowest BCUT2D eigenvalue weighted by molar-refractivity contribution is -0.134. The van der Waals surface area contributed by atoms with Crippen molar-refractivity contribution >= 4 is 5.97 Å². The lowest BCUT2D eigenvalue weighted by atomic mass is 10.1. The van der Waals surface area contributed by atoms with Gasteiger partial charge in [-0.3, -0.25) is 4.79 Å². The summed E-state index contributed by atoms with van der Waals surface area (Å²) >= 11 is 0. The van der Waals surface area contributed by atoms with E-state index in [1.807, 2.05) is 0 Å². The molecule has 2 N–H and O–H groups in total. The normalized spacial score (nSPS) is 11.5. The molecule has 3 nitrogen and oxygen atoms in total. The summed E-state index contributed by atoms with van der Waals surface area (Å²) < 4.78 is 0. The number of aliphatic carboxylic acids is 1. The molecule has 92 valence electrons. The average molecular weight is 218 g/mol. The first kappa shape index (κ1) is 16.8. The first-order valence-corrected chi connectivity index (χ1v) is 5.92. The van der Waals surface area contributed by atoms with Crippen LogP contribution < -0.4 is 0 Å². The molecular formula is C12H26O3. The Kier molecular flexibility index (Phi) is 15.1. The quantitative estimate of drug-likeness (QED) is 0.645. The molecule has 0 aromatic heterocycles. The number of carbonyl (C=O) groups is 1. The van der Waals surface area contributed by atoms with E-state index in [4.69, 9.17) is 9.90 Å². The first-order valence-electron chi connectivity index (χ1n) is 5.92. The Morgan fingerprint density at radius 2 is 1.60 bits per heavy atom. The summed E-state index contributed by atoms with van der Waals surface area (Å²) in [5, 5.41) is 16.8. The summed E-state index contributed by atoms with van der Waals surface area (Å²) in [4.78, 5) is 9.00. The maximum Gasteiger partial charge on any atom is 0.300 e. The van der Waals surface area contributed by atoms with E-state index in [1.54, 1.807) is 0 Å². The molecular weight excluding hydrogens is 192 g/mol. The van der Waals surface area contributed by atoms with Crippen LogP contribution in [0.3, 0.4) is 0 Å². The summed E-state index contributed by atoms with van der Waals surface area (Å²) in [6, 6.07) is 0. The molecule has 0 bridgehead atoms. The van der Waals surface area contributed by atoms with Crippen molar-refractivity contribution in [2.45, 2.75) is 71.8 Å².